The van der Waals surface area contributed by atoms with E-state index in [-0.39, 0.29) is 29.4 Å². The SMILES string of the molecule is COc1cc(OC)c(S(=O)(=O)N2CCCC2C(=O)O)c(OC)c1. The second-order valence-corrected chi connectivity index (χ2v) is 6.80. The molecule has 0 aliphatic carbocycles. The van der Waals surface area contributed by atoms with Gasteiger partial charge in [-0.1, -0.05) is 0 Å². The highest BCUT2D eigenvalue weighted by atomic mass is 32.2. The summed E-state index contributed by atoms with van der Waals surface area (Å²) in [4.78, 5) is 11.1. The van der Waals surface area contributed by atoms with Gasteiger partial charge in [-0.2, -0.15) is 4.31 Å². The fraction of sp³-hybridized carbons (Fsp3) is 0.500. The van der Waals surface area contributed by atoms with Gasteiger partial charge in [-0.3, -0.25) is 4.79 Å². The van der Waals surface area contributed by atoms with E-state index in [4.69, 9.17) is 14.2 Å². The summed E-state index contributed by atoms with van der Waals surface area (Å²) < 4.78 is 42.3. The van der Waals surface area contributed by atoms with Gasteiger partial charge >= 0.3 is 5.97 Å². The molecule has 128 valence electrons. The average molecular weight is 345 g/mol. The molecule has 1 aromatic rings. The van der Waals surface area contributed by atoms with Crippen molar-refractivity contribution in [1.82, 2.24) is 4.31 Å². The number of nitrogens with zero attached hydrogens (tertiary/aromatic N) is 1. The Hall–Kier alpha value is -2.00. The molecule has 23 heavy (non-hydrogen) atoms. The quantitative estimate of drug-likeness (QED) is 0.819. The molecule has 1 aromatic carbocycles. The van der Waals surface area contributed by atoms with Crippen LogP contribution >= 0.6 is 0 Å². The Morgan fingerprint density at radius 2 is 1.74 bits per heavy atom. The molecule has 1 aliphatic heterocycles. The van der Waals surface area contributed by atoms with Gasteiger partial charge in [0.05, 0.1) is 21.3 Å². The summed E-state index contributed by atoms with van der Waals surface area (Å²) in [5, 5.41) is 9.24. The molecule has 0 spiro atoms. The van der Waals surface area contributed by atoms with E-state index in [2.05, 4.69) is 0 Å². The molecule has 1 saturated heterocycles. The molecule has 1 unspecified atom stereocenters. The molecular weight excluding hydrogens is 326 g/mol. The van der Waals surface area contributed by atoms with E-state index >= 15 is 0 Å². The summed E-state index contributed by atoms with van der Waals surface area (Å²) in [7, 11) is -0.0120. The summed E-state index contributed by atoms with van der Waals surface area (Å²) >= 11 is 0. The lowest BCUT2D eigenvalue weighted by Gasteiger charge is -2.23. The smallest absolute Gasteiger partial charge is 0.322 e. The van der Waals surface area contributed by atoms with Crippen LogP contribution in [0.3, 0.4) is 0 Å². The molecule has 0 amide bonds. The minimum atomic E-state index is -4.10. The first-order valence-corrected chi connectivity index (χ1v) is 8.35. The molecule has 9 heteroatoms. The van der Waals surface area contributed by atoms with Gasteiger partial charge in [-0.05, 0) is 12.8 Å². The van der Waals surface area contributed by atoms with Crippen molar-refractivity contribution in [1.29, 1.82) is 0 Å². The topological polar surface area (TPSA) is 102 Å². The number of carboxylic acid groups (broad SMARTS) is 1. The largest absolute Gasteiger partial charge is 0.496 e. The molecule has 1 fully saturated rings. The fourth-order valence-electron chi connectivity index (χ4n) is 2.62. The lowest BCUT2D eigenvalue weighted by molar-refractivity contribution is -0.140. The number of carbonyl (C=O) groups is 1. The number of hydrogen-bond acceptors (Lipinski definition) is 6. The zero-order valence-corrected chi connectivity index (χ0v) is 13.9. The summed E-state index contributed by atoms with van der Waals surface area (Å²) in [5.74, 6) is -0.721. The molecule has 1 N–H and O–H groups in total. The second kappa shape index (κ2) is 6.63. The summed E-state index contributed by atoms with van der Waals surface area (Å²) in [5.41, 5.74) is 0. The molecule has 8 nitrogen and oxygen atoms in total. The summed E-state index contributed by atoms with van der Waals surface area (Å²) in [6, 6.07) is 1.75. The Kier molecular flexibility index (Phi) is 5.00. The van der Waals surface area contributed by atoms with Gasteiger partial charge in [0, 0.05) is 18.7 Å². The standard InChI is InChI=1S/C14H19NO7S/c1-20-9-7-11(21-2)13(12(8-9)22-3)23(18,19)15-6-4-5-10(15)14(16)17/h7-8,10H,4-6H2,1-3H3,(H,16,17). The van der Waals surface area contributed by atoms with Crippen LogP contribution in [-0.2, 0) is 14.8 Å². The highest BCUT2D eigenvalue weighted by Gasteiger charge is 2.42. The van der Waals surface area contributed by atoms with Crippen molar-refractivity contribution in [3.63, 3.8) is 0 Å². The first kappa shape index (κ1) is 17.4. The van der Waals surface area contributed by atoms with Gasteiger partial charge in [0.15, 0.2) is 4.90 Å². The van der Waals surface area contributed by atoms with Crippen molar-refractivity contribution in [2.24, 2.45) is 0 Å². The van der Waals surface area contributed by atoms with Crippen LogP contribution in [0.1, 0.15) is 12.8 Å². The number of methoxy groups -OCH3 is 3. The van der Waals surface area contributed by atoms with Gasteiger partial charge in [0.25, 0.3) is 10.0 Å². The summed E-state index contributed by atoms with van der Waals surface area (Å²) in [6.07, 6.45) is 0.756. The van der Waals surface area contributed by atoms with E-state index < -0.39 is 22.0 Å². The molecule has 0 bridgehead atoms. The molecule has 0 saturated carbocycles. The van der Waals surface area contributed by atoms with E-state index in [1.165, 1.54) is 33.5 Å². The molecule has 1 aliphatic rings. The maximum atomic E-state index is 13.0. The van der Waals surface area contributed by atoms with Crippen LogP contribution in [0.15, 0.2) is 17.0 Å². The van der Waals surface area contributed by atoms with Gasteiger partial charge in [0.2, 0.25) is 0 Å². The Labute approximate surface area is 134 Å². The predicted molar refractivity (Wildman–Crippen MR) is 80.6 cm³/mol. The zero-order chi connectivity index (χ0) is 17.2. The number of benzene rings is 1. The minimum absolute atomic E-state index is 0.0391. The third kappa shape index (κ3) is 3.06. The molecule has 1 atom stereocenters. The molecule has 1 heterocycles. The number of sulfonamides is 1. The van der Waals surface area contributed by atoms with Crippen molar-refractivity contribution in [2.75, 3.05) is 27.9 Å². The van der Waals surface area contributed by atoms with Gasteiger partial charge in [-0.15, -0.1) is 0 Å². The van der Waals surface area contributed by atoms with Crippen molar-refractivity contribution in [3.8, 4) is 17.2 Å². The zero-order valence-electron chi connectivity index (χ0n) is 13.1. The fourth-order valence-corrected chi connectivity index (χ4v) is 4.55. The lowest BCUT2D eigenvalue weighted by Crippen LogP contribution is -2.40. The first-order chi connectivity index (χ1) is 10.9. The van der Waals surface area contributed by atoms with Crippen molar-refractivity contribution < 1.29 is 32.5 Å². The lowest BCUT2D eigenvalue weighted by atomic mass is 10.2. The first-order valence-electron chi connectivity index (χ1n) is 6.91. The van der Waals surface area contributed by atoms with E-state index in [1.54, 1.807) is 0 Å². The van der Waals surface area contributed by atoms with Gasteiger partial charge in [-0.25, -0.2) is 8.42 Å². The molecule has 2 rings (SSSR count). The third-order valence-corrected chi connectivity index (χ3v) is 5.70. The van der Waals surface area contributed by atoms with Crippen LogP contribution in [-0.4, -0.2) is 57.7 Å². The predicted octanol–water partition coefficient (Wildman–Crippen LogP) is 0.950. The van der Waals surface area contributed by atoms with Crippen LogP contribution in [0.25, 0.3) is 0 Å². The van der Waals surface area contributed by atoms with Crippen LogP contribution in [0.4, 0.5) is 0 Å². The monoisotopic (exact) mass is 345 g/mol. The minimum Gasteiger partial charge on any atom is -0.496 e. The Balaban J connectivity index is 2.61. The van der Waals surface area contributed by atoms with Crippen LogP contribution < -0.4 is 14.2 Å². The highest BCUT2D eigenvalue weighted by Crippen LogP contribution is 2.40. The number of aliphatic carboxylic acids is 1. The Morgan fingerprint density at radius 3 is 2.17 bits per heavy atom. The van der Waals surface area contributed by atoms with E-state index in [9.17, 15) is 18.3 Å². The number of ether oxygens (including phenoxy) is 3. The summed E-state index contributed by atoms with van der Waals surface area (Å²) in [6.45, 7) is 0.137. The second-order valence-electron chi connectivity index (χ2n) is 4.97. The Bertz CT molecular complexity index is 676. The number of carboxylic acids is 1. The van der Waals surface area contributed by atoms with Crippen LogP contribution in [0.5, 0.6) is 17.2 Å². The number of hydrogen-bond donors (Lipinski definition) is 1. The van der Waals surface area contributed by atoms with Crippen molar-refractivity contribution in [3.05, 3.63) is 12.1 Å². The maximum Gasteiger partial charge on any atom is 0.322 e. The van der Waals surface area contributed by atoms with E-state index in [0.717, 1.165) is 4.31 Å². The van der Waals surface area contributed by atoms with Crippen molar-refractivity contribution in [2.45, 2.75) is 23.8 Å². The van der Waals surface area contributed by atoms with Crippen LogP contribution in [0.2, 0.25) is 0 Å². The van der Waals surface area contributed by atoms with E-state index in [0.29, 0.717) is 12.2 Å². The number of rotatable bonds is 6. The van der Waals surface area contributed by atoms with Crippen molar-refractivity contribution >= 4 is 16.0 Å². The normalized spacial score (nSPS) is 18.7. The third-order valence-electron chi connectivity index (χ3n) is 3.73. The highest BCUT2D eigenvalue weighted by molar-refractivity contribution is 7.89. The van der Waals surface area contributed by atoms with Gasteiger partial charge in [0.1, 0.15) is 23.3 Å². The Morgan fingerprint density at radius 1 is 1.17 bits per heavy atom. The maximum absolute atomic E-state index is 13.0. The molecular formula is C14H19NO7S. The molecule has 0 radical (unpaired) electrons. The van der Waals surface area contributed by atoms with Crippen LogP contribution in [0, 0.1) is 0 Å². The van der Waals surface area contributed by atoms with E-state index in [1.807, 2.05) is 0 Å². The van der Waals surface area contributed by atoms with Gasteiger partial charge < -0.3 is 19.3 Å². The molecule has 0 aromatic heterocycles. The average Bonchev–Trinajstić information content (AvgIpc) is 3.04.